The SMILES string of the molecule is Cc1ccc(-c2nnc([C@H](C)OC(=O)c3ccc(N4CCCC4=O)cc3)o2)cc1. The van der Waals surface area contributed by atoms with Crippen LogP contribution >= 0.6 is 0 Å². The molecule has 0 saturated carbocycles. The fourth-order valence-corrected chi connectivity index (χ4v) is 3.19. The minimum absolute atomic E-state index is 0.106. The maximum atomic E-state index is 12.4. The van der Waals surface area contributed by atoms with E-state index in [0.29, 0.717) is 24.4 Å². The third kappa shape index (κ3) is 4.03. The highest BCUT2D eigenvalue weighted by Crippen LogP contribution is 2.25. The predicted octanol–water partition coefficient (Wildman–Crippen LogP) is 4.09. The normalized spacial score (nSPS) is 14.8. The molecule has 7 nitrogen and oxygen atoms in total. The summed E-state index contributed by atoms with van der Waals surface area (Å²) in [5.74, 6) is 0.220. The Kier molecular flexibility index (Phi) is 5.12. The average Bonchev–Trinajstić information content (AvgIpc) is 3.38. The molecule has 1 atom stereocenters. The molecule has 4 rings (SSSR count). The van der Waals surface area contributed by atoms with E-state index < -0.39 is 12.1 Å². The Labute approximate surface area is 168 Å². The van der Waals surface area contributed by atoms with Crippen molar-refractivity contribution in [2.24, 2.45) is 0 Å². The molecule has 2 heterocycles. The van der Waals surface area contributed by atoms with E-state index in [2.05, 4.69) is 10.2 Å². The maximum absolute atomic E-state index is 12.4. The summed E-state index contributed by atoms with van der Waals surface area (Å²) in [5.41, 5.74) is 3.12. The number of ether oxygens (including phenoxy) is 1. The van der Waals surface area contributed by atoms with Crippen LogP contribution in [0.4, 0.5) is 5.69 Å². The molecule has 1 aliphatic heterocycles. The molecule has 29 heavy (non-hydrogen) atoms. The van der Waals surface area contributed by atoms with E-state index >= 15 is 0 Å². The lowest BCUT2D eigenvalue weighted by atomic mass is 10.1. The van der Waals surface area contributed by atoms with Gasteiger partial charge < -0.3 is 14.1 Å². The fraction of sp³-hybridized carbons (Fsp3) is 0.273. The third-order valence-electron chi connectivity index (χ3n) is 4.86. The molecule has 3 aromatic rings. The lowest BCUT2D eigenvalue weighted by Gasteiger charge is -2.16. The minimum atomic E-state index is -0.686. The molecule has 148 valence electrons. The van der Waals surface area contributed by atoms with Gasteiger partial charge in [-0.3, -0.25) is 4.79 Å². The second-order valence-corrected chi connectivity index (χ2v) is 7.05. The third-order valence-corrected chi connectivity index (χ3v) is 4.86. The van der Waals surface area contributed by atoms with Crippen LogP contribution in [0.3, 0.4) is 0 Å². The van der Waals surface area contributed by atoms with Gasteiger partial charge >= 0.3 is 5.97 Å². The molecule has 7 heteroatoms. The zero-order valence-corrected chi connectivity index (χ0v) is 16.3. The first-order valence-corrected chi connectivity index (χ1v) is 9.53. The zero-order chi connectivity index (χ0) is 20.4. The Morgan fingerprint density at radius 1 is 1.10 bits per heavy atom. The second-order valence-electron chi connectivity index (χ2n) is 7.05. The molecule has 1 aliphatic rings. The number of amides is 1. The van der Waals surface area contributed by atoms with Crippen LogP contribution in [-0.4, -0.2) is 28.6 Å². The smallest absolute Gasteiger partial charge is 0.338 e. The first-order valence-electron chi connectivity index (χ1n) is 9.53. The molecule has 0 radical (unpaired) electrons. The van der Waals surface area contributed by atoms with Gasteiger partial charge in [-0.2, -0.15) is 0 Å². The topological polar surface area (TPSA) is 85.5 Å². The Morgan fingerprint density at radius 3 is 2.48 bits per heavy atom. The first-order chi connectivity index (χ1) is 14.0. The highest BCUT2D eigenvalue weighted by atomic mass is 16.6. The number of hydrogen-bond acceptors (Lipinski definition) is 6. The van der Waals surface area contributed by atoms with E-state index in [9.17, 15) is 9.59 Å². The van der Waals surface area contributed by atoms with Gasteiger partial charge in [0.25, 0.3) is 5.89 Å². The van der Waals surface area contributed by atoms with Crippen molar-refractivity contribution in [3.8, 4) is 11.5 Å². The molecule has 1 amide bonds. The van der Waals surface area contributed by atoms with Crippen LogP contribution in [-0.2, 0) is 9.53 Å². The number of rotatable bonds is 5. The molecule has 0 unspecified atom stereocenters. The molecule has 0 aliphatic carbocycles. The maximum Gasteiger partial charge on any atom is 0.338 e. The Hall–Kier alpha value is -3.48. The van der Waals surface area contributed by atoms with Gasteiger partial charge in [-0.1, -0.05) is 17.7 Å². The molecule has 1 fully saturated rings. The van der Waals surface area contributed by atoms with Gasteiger partial charge in [0, 0.05) is 24.2 Å². The number of benzene rings is 2. The van der Waals surface area contributed by atoms with Gasteiger partial charge in [0.1, 0.15) is 0 Å². The molecule has 0 N–H and O–H groups in total. The van der Waals surface area contributed by atoms with Crippen molar-refractivity contribution in [2.45, 2.75) is 32.8 Å². The van der Waals surface area contributed by atoms with Gasteiger partial charge in [-0.25, -0.2) is 4.79 Å². The quantitative estimate of drug-likeness (QED) is 0.609. The van der Waals surface area contributed by atoms with E-state index in [1.165, 1.54) is 0 Å². The molecule has 1 aromatic heterocycles. The van der Waals surface area contributed by atoms with Gasteiger partial charge in [0.05, 0.1) is 5.56 Å². The summed E-state index contributed by atoms with van der Waals surface area (Å²) < 4.78 is 11.1. The van der Waals surface area contributed by atoms with Gasteiger partial charge in [-0.15, -0.1) is 10.2 Å². The first kappa shape index (κ1) is 18.9. The summed E-state index contributed by atoms with van der Waals surface area (Å²) in [6, 6.07) is 14.5. The van der Waals surface area contributed by atoms with Crippen molar-refractivity contribution < 1.29 is 18.7 Å². The average molecular weight is 391 g/mol. The van der Waals surface area contributed by atoms with E-state index in [1.54, 1.807) is 36.1 Å². The number of aromatic nitrogens is 2. The standard InChI is InChI=1S/C22H21N3O4/c1-14-5-7-16(8-6-14)21-24-23-20(29-21)15(2)28-22(27)17-9-11-18(12-10-17)25-13-3-4-19(25)26/h5-12,15H,3-4,13H2,1-2H3/t15-/m0/s1. The van der Waals surface area contributed by atoms with Gasteiger partial charge in [-0.05, 0) is 56.7 Å². The van der Waals surface area contributed by atoms with E-state index in [1.807, 2.05) is 31.2 Å². The molecule has 1 saturated heterocycles. The van der Waals surface area contributed by atoms with Crippen molar-refractivity contribution in [3.05, 3.63) is 65.5 Å². The van der Waals surface area contributed by atoms with Gasteiger partial charge in [0.15, 0.2) is 6.10 Å². The van der Waals surface area contributed by atoms with Crippen LogP contribution in [0.1, 0.15) is 47.7 Å². The van der Waals surface area contributed by atoms with Crippen molar-refractivity contribution in [3.63, 3.8) is 0 Å². The summed E-state index contributed by atoms with van der Waals surface area (Å²) >= 11 is 0. The van der Waals surface area contributed by atoms with E-state index in [-0.39, 0.29) is 11.8 Å². The number of carbonyl (C=O) groups excluding carboxylic acids is 2. The molecule has 0 spiro atoms. The Balaban J connectivity index is 1.42. The summed E-state index contributed by atoms with van der Waals surface area (Å²) in [6.07, 6.45) is 0.736. The van der Waals surface area contributed by atoms with Crippen molar-refractivity contribution >= 4 is 17.6 Å². The van der Waals surface area contributed by atoms with Crippen LogP contribution in [0.5, 0.6) is 0 Å². The highest BCUT2D eigenvalue weighted by molar-refractivity contribution is 5.96. The Morgan fingerprint density at radius 2 is 1.83 bits per heavy atom. The molecule has 2 aromatic carbocycles. The number of hydrogen-bond donors (Lipinski definition) is 0. The highest BCUT2D eigenvalue weighted by Gasteiger charge is 2.23. The van der Waals surface area contributed by atoms with E-state index in [4.69, 9.17) is 9.15 Å². The van der Waals surface area contributed by atoms with Crippen LogP contribution < -0.4 is 4.90 Å². The van der Waals surface area contributed by atoms with Crippen LogP contribution in [0.15, 0.2) is 52.9 Å². The summed E-state index contributed by atoms with van der Waals surface area (Å²) in [4.78, 5) is 26.0. The molecule has 0 bridgehead atoms. The van der Waals surface area contributed by atoms with Gasteiger partial charge in [0.2, 0.25) is 11.8 Å². The number of esters is 1. The lowest BCUT2D eigenvalue weighted by Crippen LogP contribution is -2.23. The number of anilines is 1. The lowest BCUT2D eigenvalue weighted by molar-refractivity contribution is -0.117. The number of aryl methyl sites for hydroxylation is 1. The van der Waals surface area contributed by atoms with Crippen molar-refractivity contribution in [2.75, 3.05) is 11.4 Å². The summed E-state index contributed by atoms with van der Waals surface area (Å²) in [7, 11) is 0. The van der Waals surface area contributed by atoms with Crippen molar-refractivity contribution in [1.82, 2.24) is 10.2 Å². The number of carbonyl (C=O) groups is 2. The second kappa shape index (κ2) is 7.87. The predicted molar refractivity (Wildman–Crippen MR) is 106 cm³/mol. The molecular formula is C22H21N3O4. The number of nitrogens with zero attached hydrogens (tertiary/aromatic N) is 3. The monoisotopic (exact) mass is 391 g/mol. The van der Waals surface area contributed by atoms with E-state index in [0.717, 1.165) is 23.2 Å². The van der Waals surface area contributed by atoms with Crippen LogP contribution in [0.2, 0.25) is 0 Å². The largest absolute Gasteiger partial charge is 0.449 e. The van der Waals surface area contributed by atoms with Crippen molar-refractivity contribution in [1.29, 1.82) is 0 Å². The zero-order valence-electron chi connectivity index (χ0n) is 16.3. The van der Waals surface area contributed by atoms with Crippen LogP contribution in [0, 0.1) is 6.92 Å². The molecular weight excluding hydrogens is 370 g/mol. The summed E-state index contributed by atoms with van der Waals surface area (Å²) in [5, 5.41) is 8.03. The van der Waals surface area contributed by atoms with Crippen LogP contribution in [0.25, 0.3) is 11.5 Å². The summed E-state index contributed by atoms with van der Waals surface area (Å²) in [6.45, 7) is 4.39. The fourth-order valence-electron chi connectivity index (χ4n) is 3.19. The minimum Gasteiger partial charge on any atom is -0.449 e. The Bertz CT molecular complexity index is 1020.